The van der Waals surface area contributed by atoms with Gasteiger partial charge in [0.15, 0.2) is 0 Å². The van der Waals surface area contributed by atoms with Gasteiger partial charge < -0.3 is 19.7 Å². The molecule has 2 aromatic rings. The molecule has 0 saturated carbocycles. The van der Waals surface area contributed by atoms with E-state index in [0.717, 1.165) is 35.6 Å². The zero-order chi connectivity index (χ0) is 19.8. The van der Waals surface area contributed by atoms with Gasteiger partial charge in [-0.25, -0.2) is 0 Å². The first-order chi connectivity index (χ1) is 13.7. The van der Waals surface area contributed by atoms with E-state index >= 15 is 0 Å². The van der Waals surface area contributed by atoms with Gasteiger partial charge in [-0.15, -0.1) is 0 Å². The van der Waals surface area contributed by atoms with E-state index in [2.05, 4.69) is 5.32 Å². The van der Waals surface area contributed by atoms with Gasteiger partial charge in [0.25, 0.3) is 5.91 Å². The van der Waals surface area contributed by atoms with Crippen molar-refractivity contribution >= 4 is 11.6 Å². The summed E-state index contributed by atoms with van der Waals surface area (Å²) in [4.78, 5) is 14.5. The number of methoxy groups -OCH3 is 1. The van der Waals surface area contributed by atoms with Crippen molar-refractivity contribution in [3.8, 4) is 17.6 Å². The number of aryl methyl sites for hydroxylation is 1. The average Bonchev–Trinajstić information content (AvgIpc) is 2.76. The van der Waals surface area contributed by atoms with Crippen molar-refractivity contribution in [1.29, 1.82) is 5.26 Å². The van der Waals surface area contributed by atoms with Crippen molar-refractivity contribution in [1.82, 2.24) is 5.32 Å². The standard InChI is InChI=1S/C22H23N3O3/c1-27-19-8-10-20(11-9-19)28-14-12-24-16-18(15-23)22(26)25-13-4-6-17-5-2-3-7-21(17)25/h2-3,5,7-11,16,24H,4,6,12-14H2,1H3/b18-16-. The molecule has 1 N–H and O–H groups in total. The smallest absolute Gasteiger partial charge is 0.270 e. The molecule has 6 heteroatoms. The van der Waals surface area contributed by atoms with Crippen LogP contribution < -0.4 is 19.7 Å². The molecule has 1 amide bonds. The Hall–Kier alpha value is -3.46. The molecule has 0 aromatic heterocycles. The number of fused-ring (bicyclic) bond motifs is 1. The molecule has 1 heterocycles. The molecule has 0 atom stereocenters. The van der Waals surface area contributed by atoms with Crippen LogP contribution in [0.2, 0.25) is 0 Å². The van der Waals surface area contributed by atoms with Gasteiger partial charge in [0, 0.05) is 25.0 Å². The lowest BCUT2D eigenvalue weighted by Gasteiger charge is -2.29. The molecule has 0 spiro atoms. The van der Waals surface area contributed by atoms with E-state index in [0.29, 0.717) is 19.7 Å². The number of rotatable bonds is 7. The van der Waals surface area contributed by atoms with Crippen molar-refractivity contribution in [3.05, 3.63) is 65.9 Å². The summed E-state index contributed by atoms with van der Waals surface area (Å²) in [5.41, 5.74) is 2.11. The van der Waals surface area contributed by atoms with Gasteiger partial charge in [0.1, 0.15) is 29.7 Å². The van der Waals surface area contributed by atoms with Gasteiger partial charge in [0.2, 0.25) is 0 Å². The van der Waals surface area contributed by atoms with Gasteiger partial charge in [-0.2, -0.15) is 5.26 Å². The second-order valence-electron chi connectivity index (χ2n) is 6.34. The quantitative estimate of drug-likeness (QED) is 0.456. The van der Waals surface area contributed by atoms with E-state index < -0.39 is 0 Å². The Labute approximate surface area is 165 Å². The third-order valence-electron chi connectivity index (χ3n) is 4.53. The van der Waals surface area contributed by atoms with E-state index in [1.807, 2.05) is 54.6 Å². The second-order valence-corrected chi connectivity index (χ2v) is 6.34. The van der Waals surface area contributed by atoms with Crippen LogP contribution in [0.1, 0.15) is 12.0 Å². The van der Waals surface area contributed by atoms with Gasteiger partial charge in [-0.1, -0.05) is 18.2 Å². The van der Waals surface area contributed by atoms with Crippen LogP contribution in [0.15, 0.2) is 60.3 Å². The normalized spacial score (nSPS) is 13.3. The summed E-state index contributed by atoms with van der Waals surface area (Å²) in [5.74, 6) is 1.22. The van der Waals surface area contributed by atoms with Crippen LogP contribution in [0.3, 0.4) is 0 Å². The lowest BCUT2D eigenvalue weighted by atomic mass is 10.0. The first-order valence-corrected chi connectivity index (χ1v) is 9.23. The Morgan fingerprint density at radius 3 is 2.71 bits per heavy atom. The number of carbonyl (C=O) groups excluding carboxylic acids is 1. The van der Waals surface area contributed by atoms with Gasteiger partial charge in [-0.05, 0) is 48.7 Å². The van der Waals surface area contributed by atoms with Crippen molar-refractivity contribution in [2.75, 3.05) is 31.7 Å². The first kappa shape index (κ1) is 19.3. The van der Waals surface area contributed by atoms with Crippen LogP contribution in [0.25, 0.3) is 0 Å². The summed E-state index contributed by atoms with van der Waals surface area (Å²) in [6, 6.07) is 17.1. The maximum atomic E-state index is 12.8. The Kier molecular flexibility index (Phi) is 6.53. The fraction of sp³-hybridized carbons (Fsp3) is 0.273. The highest BCUT2D eigenvalue weighted by molar-refractivity contribution is 6.08. The molecule has 0 saturated heterocycles. The molecule has 28 heavy (non-hydrogen) atoms. The minimum Gasteiger partial charge on any atom is -0.497 e. The molecule has 144 valence electrons. The minimum absolute atomic E-state index is 0.0844. The number of nitrogens with one attached hydrogen (secondary N) is 1. The van der Waals surface area contributed by atoms with Gasteiger partial charge >= 0.3 is 0 Å². The highest BCUT2D eigenvalue weighted by atomic mass is 16.5. The Bertz CT molecular complexity index is 885. The molecule has 1 aliphatic rings. The Morgan fingerprint density at radius 1 is 1.21 bits per heavy atom. The summed E-state index contributed by atoms with van der Waals surface area (Å²) in [6.07, 6.45) is 3.31. The summed E-state index contributed by atoms with van der Waals surface area (Å²) in [7, 11) is 1.61. The Balaban J connectivity index is 1.54. The van der Waals surface area contributed by atoms with E-state index in [1.54, 1.807) is 12.0 Å². The second kappa shape index (κ2) is 9.47. The topological polar surface area (TPSA) is 74.6 Å². The fourth-order valence-corrected chi connectivity index (χ4v) is 3.11. The number of anilines is 1. The van der Waals surface area contributed by atoms with Crippen molar-refractivity contribution in [3.63, 3.8) is 0 Å². The predicted molar refractivity (Wildman–Crippen MR) is 107 cm³/mol. The van der Waals surface area contributed by atoms with E-state index in [-0.39, 0.29) is 11.5 Å². The van der Waals surface area contributed by atoms with Crippen LogP contribution >= 0.6 is 0 Å². The first-order valence-electron chi connectivity index (χ1n) is 9.23. The number of para-hydroxylation sites is 1. The van der Waals surface area contributed by atoms with Crippen molar-refractivity contribution in [2.45, 2.75) is 12.8 Å². The summed E-state index contributed by atoms with van der Waals surface area (Å²) in [5, 5.41) is 12.4. The average molecular weight is 377 g/mol. The number of amides is 1. The Morgan fingerprint density at radius 2 is 1.96 bits per heavy atom. The molecule has 0 aliphatic carbocycles. The number of hydrogen-bond acceptors (Lipinski definition) is 5. The van der Waals surface area contributed by atoms with Crippen molar-refractivity contribution < 1.29 is 14.3 Å². The highest BCUT2D eigenvalue weighted by Crippen LogP contribution is 2.27. The minimum atomic E-state index is -0.279. The molecule has 2 aromatic carbocycles. The van der Waals surface area contributed by atoms with Gasteiger partial charge in [-0.3, -0.25) is 4.79 Å². The third-order valence-corrected chi connectivity index (χ3v) is 4.53. The van der Waals surface area contributed by atoms with E-state index in [1.165, 1.54) is 6.20 Å². The van der Waals surface area contributed by atoms with Crippen LogP contribution in [0, 0.1) is 11.3 Å². The zero-order valence-corrected chi connectivity index (χ0v) is 15.9. The summed E-state index contributed by atoms with van der Waals surface area (Å²) in [6.45, 7) is 1.50. The predicted octanol–water partition coefficient (Wildman–Crippen LogP) is 3.05. The third kappa shape index (κ3) is 4.63. The molecule has 0 unspecified atom stereocenters. The number of benzene rings is 2. The SMILES string of the molecule is COc1ccc(OCCN/C=C(/C#N)C(=O)N2CCCc3ccccc32)cc1. The molecule has 0 fully saturated rings. The van der Waals surface area contributed by atoms with Crippen LogP contribution in [0.4, 0.5) is 5.69 Å². The van der Waals surface area contributed by atoms with Gasteiger partial charge in [0.05, 0.1) is 7.11 Å². The maximum Gasteiger partial charge on any atom is 0.270 e. The zero-order valence-electron chi connectivity index (χ0n) is 15.9. The molecule has 0 radical (unpaired) electrons. The van der Waals surface area contributed by atoms with Crippen LogP contribution in [0.5, 0.6) is 11.5 Å². The number of carbonyl (C=O) groups is 1. The molecule has 3 rings (SSSR count). The van der Waals surface area contributed by atoms with Crippen molar-refractivity contribution in [2.24, 2.45) is 0 Å². The molecule has 6 nitrogen and oxygen atoms in total. The molecule has 0 bridgehead atoms. The van der Waals surface area contributed by atoms with Crippen LogP contribution in [-0.4, -0.2) is 32.7 Å². The lowest BCUT2D eigenvalue weighted by molar-refractivity contribution is -0.114. The van der Waals surface area contributed by atoms with Crippen LogP contribution in [-0.2, 0) is 11.2 Å². The highest BCUT2D eigenvalue weighted by Gasteiger charge is 2.24. The fourth-order valence-electron chi connectivity index (χ4n) is 3.11. The summed E-state index contributed by atoms with van der Waals surface area (Å²) >= 11 is 0. The molecule has 1 aliphatic heterocycles. The summed E-state index contributed by atoms with van der Waals surface area (Å²) < 4.78 is 10.7. The van der Waals surface area contributed by atoms with E-state index in [9.17, 15) is 10.1 Å². The largest absolute Gasteiger partial charge is 0.497 e. The molecular formula is C22H23N3O3. The molecular weight excluding hydrogens is 354 g/mol. The van der Waals surface area contributed by atoms with E-state index in [4.69, 9.17) is 9.47 Å². The number of nitriles is 1. The maximum absolute atomic E-state index is 12.8. The monoisotopic (exact) mass is 377 g/mol. The number of hydrogen-bond donors (Lipinski definition) is 1. The lowest BCUT2D eigenvalue weighted by Crippen LogP contribution is -2.36. The number of ether oxygens (including phenoxy) is 2. The number of nitrogens with zero attached hydrogens (tertiary/aromatic N) is 2.